The minimum atomic E-state index is -0.776. The van der Waals surface area contributed by atoms with Crippen LogP contribution in [0.15, 0.2) is 36.5 Å². The average Bonchev–Trinajstić information content (AvgIpc) is 3.09. The van der Waals surface area contributed by atoms with E-state index in [1.165, 1.54) is 128 Å². The van der Waals surface area contributed by atoms with Crippen LogP contribution in [0.1, 0.15) is 206 Å². The van der Waals surface area contributed by atoms with Crippen LogP contribution in [0, 0.1) is 0 Å². The van der Waals surface area contributed by atoms with Gasteiger partial charge in [-0.15, -0.1) is 0 Å². The SMILES string of the molecule is CCCCC/C=C\C/C=C\CCCCCCCC(=O)OC[C@H](CO)OC(=O)CCCCCCCCCCC/C=C\CCCCCCCC. The molecule has 1 N–H and O–H groups in total. The van der Waals surface area contributed by atoms with Crippen molar-refractivity contribution in [1.29, 1.82) is 0 Å². The molecule has 0 heterocycles. The molecule has 0 rings (SSSR count). The van der Waals surface area contributed by atoms with Crippen LogP contribution in [-0.2, 0) is 19.1 Å². The first-order valence-corrected chi connectivity index (χ1v) is 20.5. The van der Waals surface area contributed by atoms with E-state index in [-0.39, 0.29) is 25.2 Å². The van der Waals surface area contributed by atoms with Gasteiger partial charge in [-0.3, -0.25) is 9.59 Å². The summed E-state index contributed by atoms with van der Waals surface area (Å²) in [4.78, 5) is 24.3. The molecule has 0 aliphatic carbocycles. The number of rotatable bonds is 37. The number of ether oxygens (including phenoxy) is 2. The first kappa shape index (κ1) is 46.1. The minimum absolute atomic E-state index is 0.0726. The quantitative estimate of drug-likeness (QED) is 0.0403. The fourth-order valence-corrected chi connectivity index (χ4v) is 5.75. The molecule has 0 aromatic carbocycles. The van der Waals surface area contributed by atoms with Crippen molar-refractivity contribution in [3.63, 3.8) is 0 Å². The third kappa shape index (κ3) is 36.9. The van der Waals surface area contributed by atoms with Crippen molar-refractivity contribution >= 4 is 11.9 Å². The second kappa shape index (κ2) is 39.6. The third-order valence-corrected chi connectivity index (χ3v) is 8.91. The van der Waals surface area contributed by atoms with Crippen LogP contribution in [-0.4, -0.2) is 36.4 Å². The molecule has 1 atom stereocenters. The second-order valence-electron chi connectivity index (χ2n) is 13.7. The molecule has 0 bridgehead atoms. The maximum atomic E-state index is 12.2. The Morgan fingerprint density at radius 1 is 0.479 bits per heavy atom. The first-order valence-electron chi connectivity index (χ1n) is 20.5. The molecular formula is C43H78O5. The minimum Gasteiger partial charge on any atom is -0.462 e. The Morgan fingerprint density at radius 3 is 1.29 bits per heavy atom. The van der Waals surface area contributed by atoms with Gasteiger partial charge in [-0.05, 0) is 70.6 Å². The van der Waals surface area contributed by atoms with E-state index in [2.05, 4.69) is 50.3 Å². The summed E-state index contributed by atoms with van der Waals surface area (Å²) in [6.45, 7) is 4.10. The summed E-state index contributed by atoms with van der Waals surface area (Å²) in [5.41, 5.74) is 0. The number of aliphatic hydroxyl groups is 1. The largest absolute Gasteiger partial charge is 0.462 e. The van der Waals surface area contributed by atoms with E-state index in [1.54, 1.807) is 0 Å². The Kier molecular flexibility index (Phi) is 38.0. The van der Waals surface area contributed by atoms with Crippen molar-refractivity contribution in [1.82, 2.24) is 0 Å². The van der Waals surface area contributed by atoms with Crippen molar-refractivity contribution in [2.45, 2.75) is 213 Å². The Hall–Kier alpha value is -1.88. The van der Waals surface area contributed by atoms with Crippen LogP contribution < -0.4 is 0 Å². The molecule has 280 valence electrons. The van der Waals surface area contributed by atoms with Gasteiger partial charge < -0.3 is 14.6 Å². The molecule has 0 aromatic rings. The number of unbranched alkanes of at least 4 members (excludes halogenated alkanes) is 23. The highest BCUT2D eigenvalue weighted by molar-refractivity contribution is 5.70. The maximum Gasteiger partial charge on any atom is 0.306 e. The van der Waals surface area contributed by atoms with Crippen molar-refractivity contribution < 1.29 is 24.2 Å². The van der Waals surface area contributed by atoms with Crippen LogP contribution >= 0.6 is 0 Å². The van der Waals surface area contributed by atoms with Gasteiger partial charge in [0.05, 0.1) is 6.61 Å². The summed E-state index contributed by atoms with van der Waals surface area (Å²) >= 11 is 0. The highest BCUT2D eigenvalue weighted by Crippen LogP contribution is 2.14. The zero-order valence-corrected chi connectivity index (χ0v) is 31.7. The fraction of sp³-hybridized carbons (Fsp3) is 0.814. The van der Waals surface area contributed by atoms with Crippen LogP contribution in [0.5, 0.6) is 0 Å². The second-order valence-corrected chi connectivity index (χ2v) is 13.7. The summed E-state index contributed by atoms with van der Waals surface area (Å²) in [5, 5.41) is 9.56. The molecule has 0 saturated heterocycles. The molecule has 5 heteroatoms. The lowest BCUT2D eigenvalue weighted by molar-refractivity contribution is -0.161. The third-order valence-electron chi connectivity index (χ3n) is 8.91. The van der Waals surface area contributed by atoms with Crippen molar-refractivity contribution in [3.05, 3.63) is 36.5 Å². The van der Waals surface area contributed by atoms with Gasteiger partial charge in [-0.1, -0.05) is 159 Å². The molecule has 5 nitrogen and oxygen atoms in total. The molecule has 0 fully saturated rings. The van der Waals surface area contributed by atoms with Gasteiger partial charge in [0.25, 0.3) is 0 Å². The smallest absolute Gasteiger partial charge is 0.306 e. The normalized spacial score (nSPS) is 12.5. The van der Waals surface area contributed by atoms with E-state index in [4.69, 9.17) is 9.47 Å². The van der Waals surface area contributed by atoms with Crippen molar-refractivity contribution in [2.75, 3.05) is 13.2 Å². The van der Waals surface area contributed by atoms with Crippen LogP contribution in [0.3, 0.4) is 0 Å². The van der Waals surface area contributed by atoms with E-state index in [9.17, 15) is 14.7 Å². The van der Waals surface area contributed by atoms with Crippen molar-refractivity contribution in [2.24, 2.45) is 0 Å². The lowest BCUT2D eigenvalue weighted by Gasteiger charge is -2.15. The number of carbonyl (C=O) groups excluding carboxylic acids is 2. The lowest BCUT2D eigenvalue weighted by atomic mass is 10.1. The van der Waals surface area contributed by atoms with E-state index in [1.807, 2.05) is 0 Å². The molecule has 0 saturated carbocycles. The Bertz CT molecular complexity index is 771. The standard InChI is InChI=1S/C43H78O5/c1-3-5-7-9-11-13-15-17-19-20-21-22-24-26-28-30-32-34-36-38-43(46)48-41(39-44)40-47-42(45)37-35-33-31-29-27-25-23-18-16-14-12-10-8-6-4-2/h12,14,17-19,23,41,44H,3-11,13,15-16,20-22,24-40H2,1-2H3/b14-12-,19-17-,23-18-/t41-/m0/s1. The highest BCUT2D eigenvalue weighted by Gasteiger charge is 2.16. The van der Waals surface area contributed by atoms with E-state index < -0.39 is 6.10 Å². The number of aliphatic hydroxyl groups excluding tert-OH is 1. The van der Waals surface area contributed by atoms with Gasteiger partial charge in [-0.2, -0.15) is 0 Å². The van der Waals surface area contributed by atoms with Gasteiger partial charge in [0.1, 0.15) is 6.61 Å². The Morgan fingerprint density at radius 2 is 0.833 bits per heavy atom. The monoisotopic (exact) mass is 675 g/mol. The molecule has 0 aliphatic heterocycles. The molecule has 0 aromatic heterocycles. The Balaban J connectivity index is 3.55. The number of esters is 2. The maximum absolute atomic E-state index is 12.2. The number of carbonyl (C=O) groups is 2. The van der Waals surface area contributed by atoms with E-state index >= 15 is 0 Å². The zero-order valence-electron chi connectivity index (χ0n) is 31.7. The summed E-state index contributed by atoms with van der Waals surface area (Å²) in [7, 11) is 0. The summed E-state index contributed by atoms with van der Waals surface area (Å²) in [5.74, 6) is -0.606. The van der Waals surface area contributed by atoms with Crippen LogP contribution in [0.4, 0.5) is 0 Å². The van der Waals surface area contributed by atoms with Gasteiger partial charge in [0.2, 0.25) is 0 Å². The number of hydrogen-bond donors (Lipinski definition) is 1. The molecule has 0 aliphatic rings. The molecule has 48 heavy (non-hydrogen) atoms. The number of hydrogen-bond acceptors (Lipinski definition) is 5. The van der Waals surface area contributed by atoms with E-state index in [0.29, 0.717) is 12.8 Å². The van der Waals surface area contributed by atoms with E-state index in [0.717, 1.165) is 51.4 Å². The average molecular weight is 675 g/mol. The molecular weight excluding hydrogens is 596 g/mol. The first-order chi connectivity index (χ1) is 23.6. The predicted octanol–water partition coefficient (Wildman–Crippen LogP) is 12.8. The molecule has 0 unspecified atom stereocenters. The van der Waals surface area contributed by atoms with Crippen molar-refractivity contribution in [3.8, 4) is 0 Å². The molecule has 0 amide bonds. The van der Waals surface area contributed by atoms with Gasteiger partial charge in [-0.25, -0.2) is 0 Å². The van der Waals surface area contributed by atoms with Gasteiger partial charge >= 0.3 is 11.9 Å². The summed E-state index contributed by atoms with van der Waals surface area (Å²) < 4.78 is 10.6. The van der Waals surface area contributed by atoms with Gasteiger partial charge in [0, 0.05) is 12.8 Å². The zero-order chi connectivity index (χ0) is 35.0. The summed E-state index contributed by atoms with van der Waals surface area (Å²) in [6, 6.07) is 0. The molecule has 0 spiro atoms. The van der Waals surface area contributed by atoms with Gasteiger partial charge in [0.15, 0.2) is 6.10 Å². The Labute approximate surface area is 297 Å². The lowest BCUT2D eigenvalue weighted by Crippen LogP contribution is -2.28. The topological polar surface area (TPSA) is 72.8 Å². The number of allylic oxidation sites excluding steroid dienone is 6. The van der Waals surface area contributed by atoms with Crippen LogP contribution in [0.2, 0.25) is 0 Å². The molecule has 0 radical (unpaired) electrons. The van der Waals surface area contributed by atoms with Crippen LogP contribution in [0.25, 0.3) is 0 Å². The predicted molar refractivity (Wildman–Crippen MR) is 205 cm³/mol. The summed E-state index contributed by atoms with van der Waals surface area (Å²) in [6.07, 6.45) is 47.7. The highest BCUT2D eigenvalue weighted by atomic mass is 16.6. The fourth-order valence-electron chi connectivity index (χ4n) is 5.75.